The first-order chi connectivity index (χ1) is 14.2. The highest BCUT2D eigenvalue weighted by Gasteiger charge is 2.18. The molecule has 2 aromatic carbocycles. The van der Waals surface area contributed by atoms with Crippen LogP contribution < -0.4 is 15.0 Å². The summed E-state index contributed by atoms with van der Waals surface area (Å²) in [7, 11) is 5.07. The Bertz CT molecular complexity index is 1090. The second kappa shape index (κ2) is 9.12. The predicted molar refractivity (Wildman–Crippen MR) is 108 cm³/mol. The Balaban J connectivity index is 2.67. The Morgan fingerprint density at radius 1 is 1.17 bits per heavy atom. The van der Waals surface area contributed by atoms with Gasteiger partial charge in [0, 0.05) is 39.2 Å². The van der Waals surface area contributed by atoms with Crippen LogP contribution in [-0.4, -0.2) is 32.0 Å². The molecular formula is C19H17N7O4. The van der Waals surface area contributed by atoms with E-state index in [4.69, 9.17) is 4.74 Å². The average molecular weight is 407 g/mol. The van der Waals surface area contributed by atoms with Gasteiger partial charge in [-0.2, -0.15) is 10.5 Å². The van der Waals surface area contributed by atoms with Crippen LogP contribution in [0.2, 0.25) is 0 Å². The molecule has 0 bridgehead atoms. The average Bonchev–Trinajstić information content (AvgIpc) is 2.71. The predicted octanol–water partition coefficient (Wildman–Crippen LogP) is 3.79. The van der Waals surface area contributed by atoms with E-state index >= 15 is 0 Å². The number of rotatable bonds is 6. The van der Waals surface area contributed by atoms with Crippen LogP contribution in [0, 0.1) is 32.8 Å². The number of hydrogen-bond acceptors (Lipinski definition) is 9. The summed E-state index contributed by atoms with van der Waals surface area (Å²) in [6, 6.07) is 8.77. The van der Waals surface area contributed by atoms with E-state index in [0.717, 1.165) is 12.1 Å². The molecule has 0 aliphatic rings. The van der Waals surface area contributed by atoms with Crippen LogP contribution in [0.5, 0.6) is 5.75 Å². The van der Waals surface area contributed by atoms with Gasteiger partial charge < -0.3 is 15.0 Å². The number of amides is 1. The third-order valence-corrected chi connectivity index (χ3v) is 3.89. The number of non-ortho nitro benzene ring substituents is 1. The topological polar surface area (TPSA) is 157 Å². The molecule has 2 rings (SSSR count). The molecule has 0 atom stereocenters. The van der Waals surface area contributed by atoms with Crippen LogP contribution >= 0.6 is 0 Å². The second-order valence-electron chi connectivity index (χ2n) is 6.19. The molecule has 1 amide bonds. The maximum atomic E-state index is 11.6. The van der Waals surface area contributed by atoms with Crippen molar-refractivity contribution in [1.29, 1.82) is 10.5 Å². The van der Waals surface area contributed by atoms with Gasteiger partial charge in [0.25, 0.3) is 5.69 Å². The number of nitrogens with one attached hydrogen (secondary N) is 1. The van der Waals surface area contributed by atoms with E-state index in [-0.39, 0.29) is 28.4 Å². The summed E-state index contributed by atoms with van der Waals surface area (Å²) in [5, 5.41) is 40.4. The Hall–Kier alpha value is -4.51. The monoisotopic (exact) mass is 407 g/mol. The fraction of sp³-hybridized carbons (Fsp3) is 0.211. The third kappa shape index (κ3) is 4.66. The molecule has 0 aliphatic carbocycles. The zero-order valence-corrected chi connectivity index (χ0v) is 16.6. The summed E-state index contributed by atoms with van der Waals surface area (Å²) in [5.41, 5.74) is 0.331. The minimum Gasteiger partial charge on any atom is -0.494 e. The lowest BCUT2D eigenvalue weighted by atomic mass is 10.1. The van der Waals surface area contributed by atoms with E-state index in [0.29, 0.717) is 17.1 Å². The van der Waals surface area contributed by atoms with Gasteiger partial charge in [0.15, 0.2) is 0 Å². The number of nitro groups is 1. The first kappa shape index (κ1) is 21.8. The smallest absolute Gasteiger partial charge is 0.272 e. The van der Waals surface area contributed by atoms with Gasteiger partial charge in [0.05, 0.1) is 34.5 Å². The highest BCUT2D eigenvalue weighted by molar-refractivity contribution is 5.93. The summed E-state index contributed by atoms with van der Waals surface area (Å²) in [5.74, 6) is 0.111. The summed E-state index contributed by atoms with van der Waals surface area (Å²) in [4.78, 5) is 23.7. The van der Waals surface area contributed by atoms with E-state index in [2.05, 4.69) is 15.5 Å². The van der Waals surface area contributed by atoms with Gasteiger partial charge in [-0.05, 0) is 6.07 Å². The minimum absolute atomic E-state index is 0.116. The molecule has 152 valence electrons. The molecule has 30 heavy (non-hydrogen) atoms. The molecule has 0 radical (unpaired) electrons. The molecule has 0 saturated carbocycles. The first-order valence-electron chi connectivity index (χ1n) is 8.43. The fourth-order valence-corrected chi connectivity index (χ4v) is 2.55. The lowest BCUT2D eigenvalue weighted by Gasteiger charge is -2.19. The van der Waals surface area contributed by atoms with E-state index < -0.39 is 10.6 Å². The summed E-state index contributed by atoms with van der Waals surface area (Å²) in [6.45, 7) is 1.33. The van der Waals surface area contributed by atoms with Gasteiger partial charge in [0.2, 0.25) is 5.91 Å². The SMILES string of the molecule is COc1cc(/N=N/c2c(C#N)cc([N+](=O)[O-])cc2C#N)c(NC(C)=O)cc1N(C)C. The van der Waals surface area contributed by atoms with Gasteiger partial charge in [-0.3, -0.25) is 14.9 Å². The highest BCUT2D eigenvalue weighted by atomic mass is 16.6. The van der Waals surface area contributed by atoms with Gasteiger partial charge in [0.1, 0.15) is 29.3 Å². The van der Waals surface area contributed by atoms with Crippen LogP contribution in [0.15, 0.2) is 34.5 Å². The van der Waals surface area contributed by atoms with Gasteiger partial charge in [-0.1, -0.05) is 0 Å². The van der Waals surface area contributed by atoms with Crippen LogP contribution in [0.25, 0.3) is 0 Å². The summed E-state index contributed by atoms with van der Waals surface area (Å²) in [6.07, 6.45) is 0. The maximum Gasteiger partial charge on any atom is 0.272 e. The number of hydrogen-bond donors (Lipinski definition) is 1. The van der Waals surface area contributed by atoms with Crippen molar-refractivity contribution in [3.05, 3.63) is 45.5 Å². The van der Waals surface area contributed by atoms with Crippen LogP contribution in [0.3, 0.4) is 0 Å². The molecule has 0 aromatic heterocycles. The Morgan fingerprint density at radius 3 is 2.20 bits per heavy atom. The van der Waals surface area contributed by atoms with Gasteiger partial charge >= 0.3 is 0 Å². The van der Waals surface area contributed by atoms with E-state index in [1.54, 1.807) is 37.2 Å². The molecule has 2 aromatic rings. The van der Waals surface area contributed by atoms with Crippen LogP contribution in [0.4, 0.5) is 28.4 Å². The lowest BCUT2D eigenvalue weighted by Crippen LogP contribution is -2.12. The zero-order chi connectivity index (χ0) is 22.4. The van der Waals surface area contributed by atoms with Crippen LogP contribution in [-0.2, 0) is 4.79 Å². The molecule has 0 saturated heterocycles. The number of nitro benzene ring substituents is 1. The van der Waals surface area contributed by atoms with Crippen molar-refractivity contribution >= 4 is 34.3 Å². The molecule has 11 heteroatoms. The molecule has 0 spiro atoms. The zero-order valence-electron chi connectivity index (χ0n) is 16.6. The number of ether oxygens (including phenoxy) is 1. The number of methoxy groups -OCH3 is 1. The number of carbonyl (C=O) groups is 1. The Morgan fingerprint density at radius 2 is 1.77 bits per heavy atom. The molecule has 0 unspecified atom stereocenters. The number of benzene rings is 2. The molecule has 0 heterocycles. The molecule has 0 fully saturated rings. The first-order valence-corrected chi connectivity index (χ1v) is 8.43. The molecular weight excluding hydrogens is 390 g/mol. The molecule has 11 nitrogen and oxygen atoms in total. The number of carbonyl (C=O) groups excluding carboxylic acids is 1. The number of nitrogens with zero attached hydrogens (tertiary/aromatic N) is 6. The van der Waals surface area contributed by atoms with Crippen molar-refractivity contribution in [1.82, 2.24) is 0 Å². The molecule has 1 N–H and O–H groups in total. The van der Waals surface area contributed by atoms with Crippen molar-refractivity contribution in [2.75, 3.05) is 31.4 Å². The lowest BCUT2D eigenvalue weighted by molar-refractivity contribution is -0.384. The van der Waals surface area contributed by atoms with Gasteiger partial charge in [-0.15, -0.1) is 10.2 Å². The quantitative estimate of drug-likeness (QED) is 0.433. The van der Waals surface area contributed by atoms with Crippen molar-refractivity contribution in [3.8, 4) is 17.9 Å². The van der Waals surface area contributed by atoms with Crippen molar-refractivity contribution in [2.45, 2.75) is 6.92 Å². The number of azo groups is 1. The fourth-order valence-electron chi connectivity index (χ4n) is 2.55. The Labute approximate surface area is 172 Å². The number of nitriles is 2. The minimum atomic E-state index is -0.706. The van der Waals surface area contributed by atoms with Gasteiger partial charge in [-0.25, -0.2) is 0 Å². The largest absolute Gasteiger partial charge is 0.494 e. The van der Waals surface area contributed by atoms with Crippen molar-refractivity contribution in [3.63, 3.8) is 0 Å². The molecule has 0 aliphatic heterocycles. The summed E-state index contributed by atoms with van der Waals surface area (Å²) >= 11 is 0. The van der Waals surface area contributed by atoms with E-state index in [1.807, 2.05) is 0 Å². The Kier molecular flexibility index (Phi) is 6.62. The van der Waals surface area contributed by atoms with E-state index in [9.17, 15) is 25.4 Å². The van der Waals surface area contributed by atoms with Crippen molar-refractivity contribution < 1.29 is 14.5 Å². The maximum absolute atomic E-state index is 11.6. The standard InChI is InChI=1S/C19H17N7O4/c1-11(27)22-15-7-17(25(2)3)18(30-4)8-16(15)23-24-19-12(9-20)5-14(26(28)29)6-13(19)10-21/h5-8H,1-4H3,(H,22,27)/b24-23+. The third-order valence-electron chi connectivity index (χ3n) is 3.89. The van der Waals surface area contributed by atoms with Crippen molar-refractivity contribution in [2.24, 2.45) is 10.2 Å². The van der Waals surface area contributed by atoms with Crippen LogP contribution in [0.1, 0.15) is 18.1 Å². The normalized spacial score (nSPS) is 10.2. The number of anilines is 2. The summed E-state index contributed by atoms with van der Waals surface area (Å²) < 4.78 is 5.36. The highest BCUT2D eigenvalue weighted by Crippen LogP contribution is 2.39. The second-order valence-corrected chi connectivity index (χ2v) is 6.19. The van der Waals surface area contributed by atoms with E-state index in [1.165, 1.54) is 20.1 Å².